The molecule has 3 rings (SSSR count). The molecule has 1 aromatic heterocycles. The third-order valence-electron chi connectivity index (χ3n) is 3.48. The van der Waals surface area contributed by atoms with E-state index in [0.29, 0.717) is 21.5 Å². The largest absolute Gasteiger partial charge is 0.496 e. The predicted octanol–water partition coefficient (Wildman–Crippen LogP) is 5.00. The van der Waals surface area contributed by atoms with E-state index >= 15 is 0 Å². The second-order valence-corrected chi connectivity index (χ2v) is 6.37. The lowest BCUT2D eigenvalue weighted by Gasteiger charge is -2.07. The normalized spacial score (nSPS) is 10.4. The maximum Gasteiger partial charge on any atom is 0.337 e. The maximum atomic E-state index is 11.6. The molecule has 0 unspecified atom stereocenters. The molecule has 3 aromatic rings. The summed E-state index contributed by atoms with van der Waals surface area (Å²) in [6, 6.07) is 12.4. The summed E-state index contributed by atoms with van der Waals surface area (Å²) in [4.78, 5) is 16.2. The maximum absolute atomic E-state index is 11.6. The third kappa shape index (κ3) is 3.92. The first-order chi connectivity index (χ1) is 12.1. The minimum absolute atomic E-state index is 0.382. The molecule has 0 spiro atoms. The minimum Gasteiger partial charge on any atom is -0.496 e. The number of anilines is 2. The van der Waals surface area contributed by atoms with Gasteiger partial charge in [-0.1, -0.05) is 17.7 Å². The summed E-state index contributed by atoms with van der Waals surface area (Å²) >= 11 is 7.53. The van der Waals surface area contributed by atoms with E-state index in [4.69, 9.17) is 21.1 Å². The van der Waals surface area contributed by atoms with Crippen molar-refractivity contribution in [2.24, 2.45) is 0 Å². The van der Waals surface area contributed by atoms with Crippen LogP contribution in [0.2, 0.25) is 5.02 Å². The van der Waals surface area contributed by atoms with E-state index in [9.17, 15) is 4.79 Å². The number of aromatic nitrogens is 1. The molecule has 0 saturated heterocycles. The van der Waals surface area contributed by atoms with Crippen molar-refractivity contribution in [3.63, 3.8) is 0 Å². The zero-order valence-electron chi connectivity index (χ0n) is 13.6. The number of nitrogens with zero attached hydrogens (tertiary/aromatic N) is 1. The zero-order chi connectivity index (χ0) is 17.8. The number of halogens is 1. The van der Waals surface area contributed by atoms with Gasteiger partial charge in [-0.3, -0.25) is 0 Å². The monoisotopic (exact) mass is 374 g/mol. The first-order valence-electron chi connectivity index (χ1n) is 7.35. The Morgan fingerprint density at radius 3 is 2.80 bits per heavy atom. The molecule has 0 amide bonds. The number of carbonyl (C=O) groups is 1. The van der Waals surface area contributed by atoms with Crippen molar-refractivity contribution in [2.45, 2.75) is 0 Å². The van der Waals surface area contributed by atoms with Gasteiger partial charge in [-0.15, -0.1) is 11.3 Å². The summed E-state index contributed by atoms with van der Waals surface area (Å²) in [6.07, 6.45) is 0. The summed E-state index contributed by atoms with van der Waals surface area (Å²) in [5.41, 5.74) is 2.81. The molecule has 0 aliphatic heterocycles. The fourth-order valence-electron chi connectivity index (χ4n) is 2.30. The van der Waals surface area contributed by atoms with Crippen LogP contribution in [0.5, 0.6) is 5.75 Å². The Bertz CT molecular complexity index is 911. The summed E-state index contributed by atoms with van der Waals surface area (Å²) in [7, 11) is 2.96. The summed E-state index contributed by atoms with van der Waals surface area (Å²) in [5.74, 6) is 0.320. The van der Waals surface area contributed by atoms with Gasteiger partial charge < -0.3 is 14.8 Å². The zero-order valence-corrected chi connectivity index (χ0v) is 15.1. The summed E-state index contributed by atoms with van der Waals surface area (Å²) < 4.78 is 10.1. The number of carbonyl (C=O) groups excluding carboxylic acids is 1. The Morgan fingerprint density at radius 2 is 2.04 bits per heavy atom. The van der Waals surface area contributed by atoms with Crippen LogP contribution < -0.4 is 10.1 Å². The Hall–Kier alpha value is -2.57. The second-order valence-electron chi connectivity index (χ2n) is 5.08. The summed E-state index contributed by atoms with van der Waals surface area (Å²) in [6.45, 7) is 0. The van der Waals surface area contributed by atoms with Gasteiger partial charge in [0.05, 0.1) is 25.5 Å². The van der Waals surface area contributed by atoms with Gasteiger partial charge in [0, 0.05) is 21.7 Å². The molecule has 0 aliphatic carbocycles. The Balaban J connectivity index is 1.85. The van der Waals surface area contributed by atoms with E-state index in [1.165, 1.54) is 18.4 Å². The smallest absolute Gasteiger partial charge is 0.337 e. The predicted molar refractivity (Wildman–Crippen MR) is 100 cm³/mol. The van der Waals surface area contributed by atoms with E-state index in [1.54, 1.807) is 31.4 Å². The van der Waals surface area contributed by atoms with Crippen molar-refractivity contribution in [3.8, 4) is 17.0 Å². The Kier molecular flexibility index (Phi) is 5.21. The highest BCUT2D eigenvalue weighted by Crippen LogP contribution is 2.35. The van der Waals surface area contributed by atoms with Crippen LogP contribution in [-0.4, -0.2) is 25.2 Å². The van der Waals surface area contributed by atoms with Crippen LogP contribution in [0.25, 0.3) is 11.3 Å². The van der Waals surface area contributed by atoms with E-state index in [1.807, 2.05) is 23.6 Å². The quantitative estimate of drug-likeness (QED) is 0.636. The number of hydrogen-bond donors (Lipinski definition) is 1. The number of hydrogen-bond acceptors (Lipinski definition) is 6. The second kappa shape index (κ2) is 7.55. The van der Waals surface area contributed by atoms with Crippen molar-refractivity contribution in [2.75, 3.05) is 19.5 Å². The van der Waals surface area contributed by atoms with E-state index in [0.717, 1.165) is 16.9 Å². The first kappa shape index (κ1) is 17.3. The SMILES string of the molecule is COC(=O)c1cccc(Nc2nc(-c3cc(Cl)ccc3OC)cs2)c1. The average molecular weight is 375 g/mol. The van der Waals surface area contributed by atoms with E-state index in [-0.39, 0.29) is 5.97 Å². The van der Waals surface area contributed by atoms with E-state index in [2.05, 4.69) is 10.3 Å². The van der Waals surface area contributed by atoms with Crippen LogP contribution in [0.3, 0.4) is 0 Å². The van der Waals surface area contributed by atoms with Gasteiger partial charge in [-0.25, -0.2) is 9.78 Å². The number of esters is 1. The van der Waals surface area contributed by atoms with Crippen molar-refractivity contribution in [1.29, 1.82) is 0 Å². The molecule has 0 bridgehead atoms. The molecule has 1 N–H and O–H groups in total. The molecular weight excluding hydrogens is 360 g/mol. The molecule has 0 saturated carbocycles. The average Bonchev–Trinajstić information content (AvgIpc) is 3.09. The first-order valence-corrected chi connectivity index (χ1v) is 8.61. The molecule has 0 aliphatic rings. The van der Waals surface area contributed by atoms with Gasteiger partial charge in [0.2, 0.25) is 0 Å². The highest BCUT2D eigenvalue weighted by Gasteiger charge is 2.12. The van der Waals surface area contributed by atoms with Crippen molar-refractivity contribution in [3.05, 3.63) is 58.4 Å². The van der Waals surface area contributed by atoms with Crippen LogP contribution in [0.1, 0.15) is 10.4 Å². The summed E-state index contributed by atoms with van der Waals surface area (Å²) in [5, 5.41) is 6.42. The number of ether oxygens (including phenoxy) is 2. The van der Waals surface area contributed by atoms with Crippen molar-refractivity contribution >= 4 is 39.7 Å². The lowest BCUT2D eigenvalue weighted by atomic mass is 10.1. The molecule has 0 radical (unpaired) electrons. The van der Waals surface area contributed by atoms with Crippen molar-refractivity contribution in [1.82, 2.24) is 4.98 Å². The highest BCUT2D eigenvalue weighted by atomic mass is 35.5. The lowest BCUT2D eigenvalue weighted by Crippen LogP contribution is -2.01. The molecule has 0 fully saturated rings. The van der Waals surface area contributed by atoms with Gasteiger partial charge in [0.25, 0.3) is 0 Å². The molecule has 0 atom stereocenters. The fraction of sp³-hybridized carbons (Fsp3) is 0.111. The van der Waals surface area contributed by atoms with Gasteiger partial charge in [-0.05, 0) is 36.4 Å². The van der Waals surface area contributed by atoms with Gasteiger partial charge in [0.1, 0.15) is 5.75 Å². The topological polar surface area (TPSA) is 60.5 Å². The Morgan fingerprint density at radius 1 is 1.20 bits per heavy atom. The molecule has 5 nitrogen and oxygen atoms in total. The van der Waals surface area contributed by atoms with Gasteiger partial charge in [0.15, 0.2) is 5.13 Å². The van der Waals surface area contributed by atoms with Crippen LogP contribution in [0.4, 0.5) is 10.8 Å². The van der Waals surface area contributed by atoms with Crippen LogP contribution in [0.15, 0.2) is 47.8 Å². The number of methoxy groups -OCH3 is 2. The van der Waals surface area contributed by atoms with Gasteiger partial charge >= 0.3 is 5.97 Å². The molecule has 128 valence electrons. The van der Waals surface area contributed by atoms with Crippen LogP contribution in [0, 0.1) is 0 Å². The molecule has 25 heavy (non-hydrogen) atoms. The third-order valence-corrected chi connectivity index (χ3v) is 4.47. The highest BCUT2D eigenvalue weighted by molar-refractivity contribution is 7.14. The number of benzene rings is 2. The van der Waals surface area contributed by atoms with Crippen LogP contribution >= 0.6 is 22.9 Å². The van der Waals surface area contributed by atoms with Crippen LogP contribution in [-0.2, 0) is 4.74 Å². The fourth-order valence-corrected chi connectivity index (χ4v) is 3.20. The molecule has 7 heteroatoms. The lowest BCUT2D eigenvalue weighted by molar-refractivity contribution is 0.0601. The molecule has 1 heterocycles. The van der Waals surface area contributed by atoms with Crippen molar-refractivity contribution < 1.29 is 14.3 Å². The Labute approximate surface area is 154 Å². The minimum atomic E-state index is -0.382. The number of rotatable bonds is 5. The van der Waals surface area contributed by atoms with E-state index < -0.39 is 0 Å². The molecule has 2 aromatic carbocycles. The molecular formula is C18H15ClN2O3S. The number of nitrogens with one attached hydrogen (secondary N) is 1. The number of thiazole rings is 1. The standard InChI is InChI=1S/C18H15ClN2O3S/c1-23-16-7-6-12(19)9-14(16)15-10-25-18(21-15)20-13-5-3-4-11(8-13)17(22)24-2/h3-10H,1-2H3,(H,20,21). The van der Waals surface area contributed by atoms with Gasteiger partial charge in [-0.2, -0.15) is 0 Å².